The number of carboxylic acid groups (broad SMARTS) is 1. The van der Waals surface area contributed by atoms with Crippen molar-refractivity contribution in [2.24, 2.45) is 0 Å². The SMILES string of the molecule is COc1cc(COc2ccc(CCC(=O)O)cc2)c([N+](=O)[O-])cc1OC. The summed E-state index contributed by atoms with van der Waals surface area (Å²) >= 11 is 0. The first-order chi connectivity index (χ1) is 12.4. The van der Waals surface area contributed by atoms with E-state index in [9.17, 15) is 14.9 Å². The number of methoxy groups -OCH3 is 2. The van der Waals surface area contributed by atoms with Gasteiger partial charge in [-0.2, -0.15) is 0 Å². The van der Waals surface area contributed by atoms with Gasteiger partial charge in [0.15, 0.2) is 11.5 Å². The molecule has 0 saturated carbocycles. The van der Waals surface area contributed by atoms with E-state index in [1.54, 1.807) is 24.3 Å². The van der Waals surface area contributed by atoms with Crippen molar-refractivity contribution in [3.05, 3.63) is 57.6 Å². The summed E-state index contributed by atoms with van der Waals surface area (Å²) in [5.41, 5.74) is 1.10. The van der Waals surface area contributed by atoms with Crippen LogP contribution in [0.5, 0.6) is 17.2 Å². The number of carbonyl (C=O) groups is 1. The van der Waals surface area contributed by atoms with E-state index >= 15 is 0 Å². The van der Waals surface area contributed by atoms with Crippen LogP contribution in [0.15, 0.2) is 36.4 Å². The van der Waals surface area contributed by atoms with Crippen LogP contribution in [0.3, 0.4) is 0 Å². The van der Waals surface area contributed by atoms with Crippen molar-refractivity contribution in [3.63, 3.8) is 0 Å². The van der Waals surface area contributed by atoms with Crippen LogP contribution in [0.25, 0.3) is 0 Å². The Balaban J connectivity index is 2.13. The number of nitro groups is 1. The lowest BCUT2D eigenvalue weighted by molar-refractivity contribution is -0.385. The summed E-state index contributed by atoms with van der Waals surface area (Å²) in [6.07, 6.45) is 0.481. The van der Waals surface area contributed by atoms with Crippen molar-refractivity contribution in [1.29, 1.82) is 0 Å². The summed E-state index contributed by atoms with van der Waals surface area (Å²) in [6, 6.07) is 9.74. The van der Waals surface area contributed by atoms with E-state index in [1.807, 2.05) is 0 Å². The Labute approximate surface area is 150 Å². The maximum Gasteiger partial charge on any atom is 0.303 e. The Kier molecular flexibility index (Phi) is 6.37. The lowest BCUT2D eigenvalue weighted by Gasteiger charge is -2.12. The summed E-state index contributed by atoms with van der Waals surface area (Å²) in [7, 11) is 2.85. The maximum atomic E-state index is 11.3. The number of rotatable bonds is 9. The standard InChI is InChI=1S/C18H19NO7/c1-24-16-9-13(15(19(22)23)10-17(16)25-2)11-26-14-6-3-12(4-7-14)5-8-18(20)21/h3-4,6-7,9-10H,5,8,11H2,1-2H3,(H,20,21). The van der Waals surface area contributed by atoms with Crippen molar-refractivity contribution < 1.29 is 29.0 Å². The molecule has 0 spiro atoms. The van der Waals surface area contributed by atoms with Gasteiger partial charge in [0.05, 0.1) is 30.8 Å². The van der Waals surface area contributed by atoms with Crippen molar-refractivity contribution >= 4 is 11.7 Å². The molecule has 0 aliphatic rings. The number of hydrogen-bond donors (Lipinski definition) is 1. The maximum absolute atomic E-state index is 11.3. The van der Waals surface area contributed by atoms with Crippen molar-refractivity contribution in [3.8, 4) is 17.2 Å². The average molecular weight is 361 g/mol. The predicted octanol–water partition coefficient (Wildman–Crippen LogP) is 3.21. The number of aryl methyl sites for hydroxylation is 1. The highest BCUT2D eigenvalue weighted by Gasteiger charge is 2.20. The highest BCUT2D eigenvalue weighted by Crippen LogP contribution is 2.35. The number of hydrogen-bond acceptors (Lipinski definition) is 6. The van der Waals surface area contributed by atoms with E-state index in [0.717, 1.165) is 5.56 Å². The Morgan fingerprint density at radius 3 is 2.27 bits per heavy atom. The molecule has 8 nitrogen and oxygen atoms in total. The molecule has 0 fully saturated rings. The van der Waals surface area contributed by atoms with E-state index in [1.165, 1.54) is 26.4 Å². The molecule has 8 heteroatoms. The minimum atomic E-state index is -0.855. The fourth-order valence-corrected chi connectivity index (χ4v) is 2.36. The first-order valence-electron chi connectivity index (χ1n) is 7.77. The zero-order chi connectivity index (χ0) is 19.1. The van der Waals surface area contributed by atoms with Gasteiger partial charge in [0.25, 0.3) is 5.69 Å². The van der Waals surface area contributed by atoms with Gasteiger partial charge >= 0.3 is 5.97 Å². The van der Waals surface area contributed by atoms with Gasteiger partial charge in [-0.3, -0.25) is 14.9 Å². The molecule has 2 aromatic rings. The van der Waals surface area contributed by atoms with Crippen LogP contribution in [0.1, 0.15) is 17.5 Å². The Bertz CT molecular complexity index is 787. The number of nitro benzene ring substituents is 1. The van der Waals surface area contributed by atoms with E-state index in [0.29, 0.717) is 23.5 Å². The molecule has 0 unspecified atom stereocenters. The Hall–Kier alpha value is -3.29. The highest BCUT2D eigenvalue weighted by atomic mass is 16.6. The van der Waals surface area contributed by atoms with Crippen LogP contribution in [0.2, 0.25) is 0 Å². The normalized spacial score (nSPS) is 10.2. The topological polar surface area (TPSA) is 108 Å². The largest absolute Gasteiger partial charge is 0.493 e. The fourth-order valence-electron chi connectivity index (χ4n) is 2.36. The van der Waals surface area contributed by atoms with Crippen LogP contribution in [0, 0.1) is 10.1 Å². The third kappa shape index (κ3) is 4.85. The van der Waals surface area contributed by atoms with Crippen LogP contribution in [-0.2, 0) is 17.8 Å². The summed E-state index contributed by atoms with van der Waals surface area (Å²) in [5.74, 6) is 0.311. The van der Waals surface area contributed by atoms with Gasteiger partial charge in [0, 0.05) is 6.42 Å². The van der Waals surface area contributed by atoms with Gasteiger partial charge < -0.3 is 19.3 Å². The second-order valence-corrected chi connectivity index (χ2v) is 5.42. The first-order valence-corrected chi connectivity index (χ1v) is 7.77. The number of benzene rings is 2. The van der Waals surface area contributed by atoms with Crippen molar-refractivity contribution in [1.82, 2.24) is 0 Å². The molecule has 0 aromatic heterocycles. The zero-order valence-corrected chi connectivity index (χ0v) is 14.4. The van der Waals surface area contributed by atoms with Gasteiger partial charge in [0.2, 0.25) is 0 Å². The minimum Gasteiger partial charge on any atom is -0.493 e. The summed E-state index contributed by atoms with van der Waals surface area (Å²) in [6.45, 7) is -0.0227. The van der Waals surface area contributed by atoms with E-state index in [-0.39, 0.29) is 24.5 Å². The van der Waals surface area contributed by atoms with Crippen LogP contribution < -0.4 is 14.2 Å². The lowest BCUT2D eigenvalue weighted by atomic mass is 10.1. The zero-order valence-electron chi connectivity index (χ0n) is 14.4. The number of aliphatic carboxylic acids is 1. The molecule has 2 rings (SSSR count). The average Bonchev–Trinajstić information content (AvgIpc) is 2.64. The van der Waals surface area contributed by atoms with Crippen molar-refractivity contribution in [2.75, 3.05) is 14.2 Å². The lowest BCUT2D eigenvalue weighted by Crippen LogP contribution is -2.03. The third-order valence-electron chi connectivity index (χ3n) is 3.73. The molecule has 0 saturated heterocycles. The smallest absolute Gasteiger partial charge is 0.303 e. The molecule has 26 heavy (non-hydrogen) atoms. The number of nitrogens with zero attached hydrogens (tertiary/aromatic N) is 1. The van der Waals surface area contributed by atoms with Crippen LogP contribution >= 0.6 is 0 Å². The minimum absolute atomic E-state index is 0.0227. The summed E-state index contributed by atoms with van der Waals surface area (Å²) in [5, 5.41) is 20.0. The fraction of sp³-hybridized carbons (Fsp3) is 0.278. The van der Waals surface area contributed by atoms with Gasteiger partial charge in [-0.25, -0.2) is 0 Å². The molecule has 0 atom stereocenters. The van der Waals surface area contributed by atoms with Gasteiger partial charge in [-0.05, 0) is 30.2 Å². The van der Waals surface area contributed by atoms with E-state index in [2.05, 4.69) is 0 Å². The van der Waals surface area contributed by atoms with Crippen LogP contribution in [-0.4, -0.2) is 30.2 Å². The highest BCUT2D eigenvalue weighted by molar-refractivity contribution is 5.67. The Morgan fingerprint density at radius 2 is 1.73 bits per heavy atom. The number of ether oxygens (including phenoxy) is 3. The molecule has 0 aliphatic carbocycles. The molecule has 2 aromatic carbocycles. The predicted molar refractivity (Wildman–Crippen MR) is 92.9 cm³/mol. The van der Waals surface area contributed by atoms with E-state index in [4.69, 9.17) is 19.3 Å². The molecule has 0 amide bonds. The van der Waals surface area contributed by atoms with Crippen molar-refractivity contribution in [2.45, 2.75) is 19.4 Å². The van der Waals surface area contributed by atoms with Gasteiger partial charge in [-0.15, -0.1) is 0 Å². The molecule has 0 bridgehead atoms. The summed E-state index contributed by atoms with van der Waals surface area (Å²) in [4.78, 5) is 21.4. The molecular formula is C18H19NO7. The second kappa shape index (κ2) is 8.70. The van der Waals surface area contributed by atoms with E-state index < -0.39 is 10.9 Å². The molecule has 0 aliphatic heterocycles. The molecule has 138 valence electrons. The Morgan fingerprint density at radius 1 is 1.12 bits per heavy atom. The van der Waals surface area contributed by atoms with Crippen LogP contribution in [0.4, 0.5) is 5.69 Å². The first kappa shape index (κ1) is 19.0. The molecule has 0 radical (unpaired) electrons. The molecule has 0 heterocycles. The molecule has 1 N–H and O–H groups in total. The number of carboxylic acids is 1. The quantitative estimate of drug-likeness (QED) is 0.539. The van der Waals surface area contributed by atoms with Gasteiger partial charge in [0.1, 0.15) is 12.4 Å². The summed E-state index contributed by atoms with van der Waals surface area (Å²) < 4.78 is 15.9. The molecular weight excluding hydrogens is 342 g/mol. The monoisotopic (exact) mass is 361 g/mol. The van der Waals surface area contributed by atoms with Gasteiger partial charge in [-0.1, -0.05) is 12.1 Å². The second-order valence-electron chi connectivity index (χ2n) is 5.42. The third-order valence-corrected chi connectivity index (χ3v) is 3.73.